The van der Waals surface area contributed by atoms with Crippen LogP contribution >= 0.6 is 0 Å². The molecular formula is C22H22O2. The number of rotatable bonds is 7. The van der Waals surface area contributed by atoms with Crippen molar-refractivity contribution in [1.82, 2.24) is 0 Å². The van der Waals surface area contributed by atoms with Crippen LogP contribution in [0.3, 0.4) is 0 Å². The minimum atomic E-state index is -0.431. The van der Waals surface area contributed by atoms with Gasteiger partial charge in [0.15, 0.2) is 0 Å². The van der Waals surface area contributed by atoms with Gasteiger partial charge in [-0.2, -0.15) is 0 Å². The zero-order valence-electron chi connectivity index (χ0n) is 13.6. The van der Waals surface area contributed by atoms with Crippen molar-refractivity contribution >= 4 is 0 Å². The third-order valence-electron chi connectivity index (χ3n) is 4.03. The van der Waals surface area contributed by atoms with E-state index in [0.29, 0.717) is 0 Å². The highest BCUT2D eigenvalue weighted by Gasteiger charge is 2.08. The molecule has 0 saturated carbocycles. The van der Waals surface area contributed by atoms with E-state index in [2.05, 4.69) is 24.3 Å². The number of aliphatic hydroxyl groups excluding tert-OH is 1. The van der Waals surface area contributed by atoms with E-state index in [4.69, 9.17) is 4.74 Å². The predicted octanol–water partition coefficient (Wildman–Crippen LogP) is 5.54. The molecule has 0 heterocycles. The molecule has 1 N–H and O–H groups in total. The van der Waals surface area contributed by atoms with Gasteiger partial charge in [0.1, 0.15) is 11.5 Å². The molecule has 24 heavy (non-hydrogen) atoms. The molecule has 0 aliphatic carbocycles. The van der Waals surface area contributed by atoms with E-state index in [1.165, 1.54) is 5.56 Å². The third kappa shape index (κ3) is 4.71. The van der Waals surface area contributed by atoms with E-state index in [1.54, 1.807) is 0 Å². The van der Waals surface area contributed by atoms with Crippen LogP contribution in [0.4, 0.5) is 0 Å². The number of benzene rings is 3. The summed E-state index contributed by atoms with van der Waals surface area (Å²) in [5, 5.41) is 10.3. The maximum Gasteiger partial charge on any atom is 0.127 e. The molecule has 3 aromatic carbocycles. The smallest absolute Gasteiger partial charge is 0.127 e. The van der Waals surface area contributed by atoms with Gasteiger partial charge < -0.3 is 9.84 Å². The molecule has 122 valence electrons. The topological polar surface area (TPSA) is 29.5 Å². The van der Waals surface area contributed by atoms with Crippen molar-refractivity contribution in [2.24, 2.45) is 0 Å². The molecule has 3 aromatic rings. The summed E-state index contributed by atoms with van der Waals surface area (Å²) in [6, 6.07) is 27.8. The van der Waals surface area contributed by atoms with Gasteiger partial charge in [-0.25, -0.2) is 0 Å². The summed E-state index contributed by atoms with van der Waals surface area (Å²) >= 11 is 0. The number of hydrogen-bond donors (Lipinski definition) is 1. The number of para-hydroxylation sites is 1. The van der Waals surface area contributed by atoms with Crippen LogP contribution in [0, 0.1) is 0 Å². The summed E-state index contributed by atoms with van der Waals surface area (Å²) in [6.07, 6.45) is 2.29. The average molecular weight is 318 g/mol. The molecule has 2 nitrogen and oxygen atoms in total. The molecule has 1 unspecified atom stereocenters. The van der Waals surface area contributed by atoms with Gasteiger partial charge in [-0.1, -0.05) is 60.7 Å². The minimum absolute atomic E-state index is 0.431. The molecule has 0 amide bonds. The molecule has 0 saturated heterocycles. The number of aliphatic hydroxyl groups is 1. The van der Waals surface area contributed by atoms with Crippen LogP contribution in [-0.2, 0) is 6.42 Å². The van der Waals surface area contributed by atoms with Gasteiger partial charge in [0, 0.05) is 0 Å². The normalized spacial score (nSPS) is 11.9. The van der Waals surface area contributed by atoms with Crippen LogP contribution in [0.2, 0.25) is 0 Å². The lowest BCUT2D eigenvalue weighted by Crippen LogP contribution is -1.98. The first-order chi connectivity index (χ1) is 11.8. The van der Waals surface area contributed by atoms with Crippen LogP contribution in [0.5, 0.6) is 11.5 Å². The SMILES string of the molecule is OC(CCCc1ccccc1)c1ccc(Oc2ccccc2)cc1. The molecule has 0 aromatic heterocycles. The van der Waals surface area contributed by atoms with Crippen molar-refractivity contribution in [2.45, 2.75) is 25.4 Å². The van der Waals surface area contributed by atoms with E-state index in [9.17, 15) is 5.11 Å². The summed E-state index contributed by atoms with van der Waals surface area (Å²) in [5.41, 5.74) is 2.25. The average Bonchev–Trinajstić information content (AvgIpc) is 2.64. The van der Waals surface area contributed by atoms with Gasteiger partial charge in [-0.05, 0) is 54.7 Å². The molecule has 0 aliphatic heterocycles. The molecule has 0 spiro atoms. The number of hydrogen-bond acceptors (Lipinski definition) is 2. The van der Waals surface area contributed by atoms with E-state index in [1.807, 2.05) is 60.7 Å². The lowest BCUT2D eigenvalue weighted by molar-refractivity contribution is 0.164. The summed E-state index contributed by atoms with van der Waals surface area (Å²) in [4.78, 5) is 0. The molecule has 1 atom stereocenters. The van der Waals surface area contributed by atoms with E-state index >= 15 is 0 Å². The van der Waals surface area contributed by atoms with Crippen LogP contribution < -0.4 is 4.74 Å². The van der Waals surface area contributed by atoms with Crippen molar-refractivity contribution in [3.8, 4) is 11.5 Å². The number of aryl methyl sites for hydroxylation is 1. The summed E-state index contributed by atoms with van der Waals surface area (Å²) in [5.74, 6) is 1.59. The van der Waals surface area contributed by atoms with Crippen LogP contribution in [-0.4, -0.2) is 5.11 Å². The Morgan fingerprint density at radius 3 is 1.96 bits per heavy atom. The highest BCUT2D eigenvalue weighted by Crippen LogP contribution is 2.25. The Bertz CT molecular complexity index is 721. The highest BCUT2D eigenvalue weighted by molar-refractivity contribution is 5.33. The molecule has 3 rings (SSSR count). The van der Waals surface area contributed by atoms with E-state index < -0.39 is 6.10 Å². The lowest BCUT2D eigenvalue weighted by Gasteiger charge is -2.12. The zero-order valence-corrected chi connectivity index (χ0v) is 13.6. The quantitative estimate of drug-likeness (QED) is 0.620. The Morgan fingerprint density at radius 1 is 0.708 bits per heavy atom. The second-order valence-electron chi connectivity index (χ2n) is 5.88. The fourth-order valence-electron chi connectivity index (χ4n) is 2.69. The third-order valence-corrected chi connectivity index (χ3v) is 4.03. The van der Waals surface area contributed by atoms with Crippen LogP contribution in [0.1, 0.15) is 30.1 Å². The van der Waals surface area contributed by atoms with Crippen molar-refractivity contribution in [3.63, 3.8) is 0 Å². The fraction of sp³-hybridized carbons (Fsp3) is 0.182. The fourth-order valence-corrected chi connectivity index (χ4v) is 2.69. The van der Waals surface area contributed by atoms with Gasteiger partial charge in [0.05, 0.1) is 6.10 Å². The summed E-state index contributed by atoms with van der Waals surface area (Å²) in [7, 11) is 0. The standard InChI is InChI=1S/C22H22O2/c23-22(13-7-10-18-8-3-1-4-9-18)19-14-16-21(17-15-19)24-20-11-5-2-6-12-20/h1-6,8-9,11-12,14-17,22-23H,7,10,13H2. The van der Waals surface area contributed by atoms with Gasteiger partial charge in [-0.3, -0.25) is 0 Å². The van der Waals surface area contributed by atoms with Crippen LogP contribution in [0.25, 0.3) is 0 Å². The first-order valence-corrected chi connectivity index (χ1v) is 8.36. The maximum atomic E-state index is 10.3. The monoisotopic (exact) mass is 318 g/mol. The Hall–Kier alpha value is -2.58. The van der Waals surface area contributed by atoms with Crippen molar-refractivity contribution in [1.29, 1.82) is 0 Å². The summed E-state index contributed by atoms with van der Waals surface area (Å²) < 4.78 is 5.77. The lowest BCUT2D eigenvalue weighted by atomic mass is 10.0. The van der Waals surface area contributed by atoms with Gasteiger partial charge in [-0.15, -0.1) is 0 Å². The first-order valence-electron chi connectivity index (χ1n) is 8.36. The van der Waals surface area contributed by atoms with Gasteiger partial charge >= 0.3 is 0 Å². The summed E-state index contributed by atoms with van der Waals surface area (Å²) in [6.45, 7) is 0. The number of ether oxygens (including phenoxy) is 1. The Kier molecular flexibility index (Phi) is 5.65. The highest BCUT2D eigenvalue weighted by atomic mass is 16.5. The van der Waals surface area contributed by atoms with Gasteiger partial charge in [0.25, 0.3) is 0 Å². The Labute approximate surface area is 143 Å². The largest absolute Gasteiger partial charge is 0.457 e. The van der Waals surface area contributed by atoms with Gasteiger partial charge in [0.2, 0.25) is 0 Å². The minimum Gasteiger partial charge on any atom is -0.457 e. The van der Waals surface area contributed by atoms with E-state index in [0.717, 1.165) is 36.3 Å². The van der Waals surface area contributed by atoms with E-state index in [-0.39, 0.29) is 0 Å². The molecule has 0 radical (unpaired) electrons. The maximum absolute atomic E-state index is 10.3. The molecule has 0 aliphatic rings. The zero-order chi connectivity index (χ0) is 16.6. The molecular weight excluding hydrogens is 296 g/mol. The Balaban J connectivity index is 1.51. The second-order valence-corrected chi connectivity index (χ2v) is 5.88. The Morgan fingerprint density at radius 2 is 1.29 bits per heavy atom. The van der Waals surface area contributed by atoms with Crippen molar-refractivity contribution in [2.75, 3.05) is 0 Å². The van der Waals surface area contributed by atoms with Crippen LogP contribution in [0.15, 0.2) is 84.9 Å². The van der Waals surface area contributed by atoms with Crippen molar-refractivity contribution < 1.29 is 9.84 Å². The van der Waals surface area contributed by atoms with Crippen molar-refractivity contribution in [3.05, 3.63) is 96.1 Å². The second kappa shape index (κ2) is 8.32. The molecule has 0 bridgehead atoms. The molecule has 2 heteroatoms. The molecule has 0 fully saturated rings. The predicted molar refractivity (Wildman–Crippen MR) is 97.3 cm³/mol. The first kappa shape index (κ1) is 16.3.